The van der Waals surface area contributed by atoms with Gasteiger partial charge in [0.25, 0.3) is 0 Å². The van der Waals surface area contributed by atoms with Crippen LogP contribution in [0.3, 0.4) is 0 Å². The Kier molecular flexibility index (Phi) is 7.16. The lowest BCUT2D eigenvalue weighted by atomic mass is 9.84. The minimum atomic E-state index is 0.718. The Bertz CT molecular complexity index is 2840. The Balaban J connectivity index is 1.39. The number of rotatable bonds is 5. The van der Waals surface area contributed by atoms with E-state index in [0.29, 0.717) is 0 Å². The van der Waals surface area contributed by atoms with E-state index in [-0.39, 0.29) is 0 Å². The van der Waals surface area contributed by atoms with Crippen LogP contribution in [0, 0.1) is 18.3 Å². The van der Waals surface area contributed by atoms with E-state index in [1.807, 2.05) is 23.5 Å². The molecule has 0 saturated carbocycles. The number of hydrogen-bond donors (Lipinski definition) is 0. The summed E-state index contributed by atoms with van der Waals surface area (Å²) < 4.78 is 2.50. The van der Waals surface area contributed by atoms with Gasteiger partial charge in [0.1, 0.15) is 6.07 Å². The first-order chi connectivity index (χ1) is 24.7. The Hall–Kier alpha value is -6.27. The number of thiophene rings is 1. The van der Waals surface area contributed by atoms with Crippen molar-refractivity contribution in [1.82, 2.24) is 0 Å². The van der Waals surface area contributed by atoms with Gasteiger partial charge in [0.2, 0.25) is 0 Å². The third-order valence-corrected chi connectivity index (χ3v) is 11.2. The Morgan fingerprint density at radius 1 is 0.560 bits per heavy atom. The molecule has 8 aromatic carbocycles. The highest BCUT2D eigenvalue weighted by atomic mass is 32.1. The van der Waals surface area contributed by atoms with E-state index in [1.165, 1.54) is 69.5 Å². The fraction of sp³-hybridized carbons (Fsp3) is 0.0208. The van der Waals surface area contributed by atoms with Crippen molar-refractivity contribution in [3.63, 3.8) is 0 Å². The van der Waals surface area contributed by atoms with Gasteiger partial charge in [-0.25, -0.2) is 0 Å². The second-order valence-electron chi connectivity index (χ2n) is 12.7. The quantitative estimate of drug-likeness (QED) is 0.134. The first-order valence-corrected chi connectivity index (χ1v) is 17.7. The molecule has 0 bridgehead atoms. The van der Waals surface area contributed by atoms with Gasteiger partial charge in [-0.3, -0.25) is 0 Å². The summed E-state index contributed by atoms with van der Waals surface area (Å²) >= 11 is 1.84. The summed E-state index contributed by atoms with van der Waals surface area (Å²) in [5, 5.41) is 19.8. The van der Waals surface area contributed by atoms with Gasteiger partial charge in [0, 0.05) is 25.6 Å². The van der Waals surface area contributed by atoms with Gasteiger partial charge in [0.05, 0.1) is 5.56 Å². The van der Waals surface area contributed by atoms with Crippen molar-refractivity contribution in [2.45, 2.75) is 6.92 Å². The van der Waals surface area contributed by atoms with E-state index >= 15 is 0 Å². The van der Waals surface area contributed by atoms with Crippen LogP contribution in [0.4, 0.5) is 0 Å². The Morgan fingerprint density at radius 3 is 1.76 bits per heavy atom. The fourth-order valence-electron chi connectivity index (χ4n) is 7.94. The van der Waals surface area contributed by atoms with Crippen LogP contribution in [-0.4, -0.2) is 0 Å². The van der Waals surface area contributed by atoms with Gasteiger partial charge >= 0.3 is 0 Å². The molecule has 0 amide bonds. The van der Waals surface area contributed by atoms with Crippen molar-refractivity contribution < 1.29 is 0 Å². The molecule has 0 aliphatic carbocycles. The lowest BCUT2D eigenvalue weighted by Crippen LogP contribution is -1.96. The standard InChI is InChI=1S/C48H31NS/c1-3-4-17-33-30(2)42(29-49)34-18-8-9-19-35(34)47(33)40-24-14-25-44-48(40)41-28-32(26-27-43(41)50-44)46-38-22-12-10-20-36(38)45(31-15-6-5-7-16-31)37-21-11-13-23-39(37)46/h3-28H,1H2,2H3/b17-4-. The number of hydrogen-bond acceptors (Lipinski definition) is 2. The van der Waals surface area contributed by atoms with Crippen LogP contribution < -0.4 is 0 Å². The van der Waals surface area contributed by atoms with Gasteiger partial charge in [-0.15, -0.1) is 11.3 Å². The zero-order valence-corrected chi connectivity index (χ0v) is 28.4. The molecule has 9 rings (SSSR count). The highest BCUT2D eigenvalue weighted by molar-refractivity contribution is 7.26. The molecule has 1 nitrogen and oxygen atoms in total. The van der Waals surface area contributed by atoms with Crippen molar-refractivity contribution >= 4 is 69.9 Å². The van der Waals surface area contributed by atoms with Gasteiger partial charge in [0.15, 0.2) is 0 Å². The van der Waals surface area contributed by atoms with E-state index in [4.69, 9.17) is 0 Å². The van der Waals surface area contributed by atoms with Crippen molar-refractivity contribution in [2.75, 3.05) is 0 Å². The molecule has 0 saturated heterocycles. The molecule has 2 heteroatoms. The van der Waals surface area contributed by atoms with E-state index in [1.54, 1.807) is 6.08 Å². The molecule has 0 N–H and O–H groups in total. The van der Waals surface area contributed by atoms with E-state index in [2.05, 4.69) is 159 Å². The topological polar surface area (TPSA) is 23.8 Å². The van der Waals surface area contributed by atoms with Crippen molar-refractivity contribution in [1.29, 1.82) is 5.26 Å². The van der Waals surface area contributed by atoms with Crippen LogP contribution >= 0.6 is 11.3 Å². The van der Waals surface area contributed by atoms with Crippen LogP contribution in [0.5, 0.6) is 0 Å². The van der Waals surface area contributed by atoms with Gasteiger partial charge in [-0.05, 0) is 96.6 Å². The number of fused-ring (bicyclic) bond motifs is 6. The van der Waals surface area contributed by atoms with Crippen LogP contribution in [0.25, 0.3) is 91.9 Å². The number of allylic oxidation sites excluding steroid dienone is 2. The summed E-state index contributed by atoms with van der Waals surface area (Å²) in [5.41, 5.74) is 10.0. The minimum Gasteiger partial charge on any atom is -0.192 e. The number of benzene rings is 8. The first-order valence-electron chi connectivity index (χ1n) is 16.9. The molecule has 0 aliphatic rings. The van der Waals surface area contributed by atoms with Crippen LogP contribution in [0.2, 0.25) is 0 Å². The summed E-state index contributed by atoms with van der Waals surface area (Å²) in [4.78, 5) is 0. The minimum absolute atomic E-state index is 0.718. The summed E-state index contributed by atoms with van der Waals surface area (Å²) in [6.45, 7) is 6.02. The van der Waals surface area contributed by atoms with Crippen molar-refractivity contribution in [3.8, 4) is 39.4 Å². The third-order valence-electron chi connectivity index (χ3n) is 10.1. The zero-order chi connectivity index (χ0) is 33.8. The molecule has 1 aromatic heterocycles. The molecule has 0 radical (unpaired) electrons. The molecular formula is C48H31NS. The summed E-state index contributed by atoms with van der Waals surface area (Å²) in [7, 11) is 0. The molecule has 0 unspecified atom stereocenters. The lowest BCUT2D eigenvalue weighted by molar-refractivity contribution is 1.40. The molecule has 0 aliphatic heterocycles. The number of nitrogens with zero attached hydrogens (tertiary/aromatic N) is 1. The second-order valence-corrected chi connectivity index (χ2v) is 13.8. The third kappa shape index (κ3) is 4.52. The summed E-state index contributed by atoms with van der Waals surface area (Å²) in [6, 6.07) is 52.9. The van der Waals surface area contributed by atoms with Gasteiger partial charge < -0.3 is 0 Å². The maximum atomic E-state index is 10.3. The molecule has 50 heavy (non-hydrogen) atoms. The SMILES string of the molecule is C=C/C=C\c1c(C)c(C#N)c2ccccc2c1-c1cccc2sc3ccc(-c4c5ccccc5c(-c5ccccc5)c5ccccc45)cc3c12. The van der Waals surface area contributed by atoms with Gasteiger partial charge in [-0.2, -0.15) is 5.26 Å². The maximum Gasteiger partial charge on any atom is 0.100 e. The molecule has 1 heterocycles. The average Bonchev–Trinajstić information content (AvgIpc) is 3.55. The van der Waals surface area contributed by atoms with E-state index < -0.39 is 0 Å². The zero-order valence-electron chi connectivity index (χ0n) is 27.6. The molecule has 234 valence electrons. The highest BCUT2D eigenvalue weighted by Crippen LogP contribution is 2.48. The maximum absolute atomic E-state index is 10.3. The first kappa shape index (κ1) is 29.8. The van der Waals surface area contributed by atoms with Crippen LogP contribution in [0.15, 0.2) is 158 Å². The molecule has 0 spiro atoms. The Labute approximate surface area is 295 Å². The van der Waals surface area contributed by atoms with Crippen molar-refractivity contribution in [2.24, 2.45) is 0 Å². The normalized spacial score (nSPS) is 11.7. The number of nitriles is 1. The molecule has 0 fully saturated rings. The summed E-state index contributed by atoms with van der Waals surface area (Å²) in [6.07, 6.45) is 5.88. The Morgan fingerprint density at radius 2 is 1.14 bits per heavy atom. The predicted molar refractivity (Wildman–Crippen MR) is 217 cm³/mol. The monoisotopic (exact) mass is 653 g/mol. The fourth-order valence-corrected chi connectivity index (χ4v) is 9.05. The summed E-state index contributed by atoms with van der Waals surface area (Å²) in [5.74, 6) is 0. The smallest absolute Gasteiger partial charge is 0.100 e. The molecule has 0 atom stereocenters. The lowest BCUT2D eigenvalue weighted by Gasteiger charge is -2.18. The van der Waals surface area contributed by atoms with Crippen LogP contribution in [0.1, 0.15) is 16.7 Å². The second kappa shape index (κ2) is 12.0. The highest BCUT2D eigenvalue weighted by Gasteiger charge is 2.21. The molecule has 9 aromatic rings. The molecular weight excluding hydrogens is 623 g/mol. The average molecular weight is 654 g/mol. The largest absolute Gasteiger partial charge is 0.192 e. The predicted octanol–water partition coefficient (Wildman–Crippen LogP) is 13.9. The van der Waals surface area contributed by atoms with E-state index in [0.717, 1.165) is 33.0 Å². The van der Waals surface area contributed by atoms with Crippen molar-refractivity contribution in [3.05, 3.63) is 175 Å². The van der Waals surface area contributed by atoms with Gasteiger partial charge in [-0.1, -0.05) is 146 Å². The van der Waals surface area contributed by atoms with E-state index in [9.17, 15) is 5.26 Å². The van der Waals surface area contributed by atoms with Crippen LogP contribution in [-0.2, 0) is 0 Å².